The van der Waals surface area contributed by atoms with Crippen molar-refractivity contribution >= 4 is 11.3 Å². The predicted molar refractivity (Wildman–Crippen MR) is 77.3 cm³/mol. The first-order valence-corrected chi connectivity index (χ1v) is 7.43. The van der Waals surface area contributed by atoms with Crippen LogP contribution < -0.4 is 5.32 Å². The molecule has 1 heterocycles. The lowest BCUT2D eigenvalue weighted by Gasteiger charge is -2.20. The lowest BCUT2D eigenvalue weighted by Crippen LogP contribution is -2.33. The molecule has 0 saturated heterocycles. The molecule has 1 N–H and O–H groups in total. The van der Waals surface area contributed by atoms with Crippen molar-refractivity contribution in [3.8, 4) is 0 Å². The van der Waals surface area contributed by atoms with E-state index >= 15 is 0 Å². The Balaban J connectivity index is 2.48. The lowest BCUT2D eigenvalue weighted by molar-refractivity contribution is -0.133. The summed E-state index contributed by atoms with van der Waals surface area (Å²) < 4.78 is 11.0. The maximum absolute atomic E-state index is 5.52. The van der Waals surface area contributed by atoms with Crippen LogP contribution in [0.4, 0.5) is 0 Å². The van der Waals surface area contributed by atoms with Crippen LogP contribution in [-0.4, -0.2) is 26.0 Å². The Kier molecular flexibility index (Phi) is 6.86. The standard InChI is InChI=1S/C14H25NO2S/c1-6-16-14(17-7-2)9-15-11(4)13-8-10(3)18-12(13)5/h8,11,14-15H,6-7,9H2,1-5H3. The van der Waals surface area contributed by atoms with E-state index < -0.39 is 0 Å². The van der Waals surface area contributed by atoms with Crippen molar-refractivity contribution in [2.24, 2.45) is 0 Å². The summed E-state index contributed by atoms with van der Waals surface area (Å²) in [5, 5.41) is 3.48. The minimum absolute atomic E-state index is 0.150. The summed E-state index contributed by atoms with van der Waals surface area (Å²) in [6.45, 7) is 12.6. The summed E-state index contributed by atoms with van der Waals surface area (Å²) in [5.74, 6) is 0. The normalized spacial score (nSPS) is 13.2. The number of thiophene rings is 1. The first-order valence-electron chi connectivity index (χ1n) is 6.62. The Morgan fingerprint density at radius 3 is 2.28 bits per heavy atom. The molecule has 0 aliphatic carbocycles. The molecule has 0 aromatic carbocycles. The second kappa shape index (κ2) is 7.89. The fourth-order valence-electron chi connectivity index (χ4n) is 2.00. The van der Waals surface area contributed by atoms with Gasteiger partial charge in [0.15, 0.2) is 6.29 Å². The first kappa shape index (κ1) is 15.6. The largest absolute Gasteiger partial charge is 0.352 e. The van der Waals surface area contributed by atoms with Gasteiger partial charge in [-0.2, -0.15) is 0 Å². The Morgan fingerprint density at radius 2 is 1.83 bits per heavy atom. The monoisotopic (exact) mass is 271 g/mol. The highest BCUT2D eigenvalue weighted by Gasteiger charge is 2.14. The summed E-state index contributed by atoms with van der Waals surface area (Å²) in [6.07, 6.45) is -0.150. The van der Waals surface area contributed by atoms with E-state index in [1.54, 1.807) is 0 Å². The van der Waals surface area contributed by atoms with Crippen LogP contribution in [0.15, 0.2) is 6.07 Å². The van der Waals surface area contributed by atoms with E-state index in [2.05, 4.69) is 32.2 Å². The minimum Gasteiger partial charge on any atom is -0.352 e. The van der Waals surface area contributed by atoms with Gasteiger partial charge < -0.3 is 14.8 Å². The molecule has 1 rings (SSSR count). The van der Waals surface area contributed by atoms with Gasteiger partial charge in [-0.25, -0.2) is 0 Å². The highest BCUT2D eigenvalue weighted by atomic mass is 32.1. The first-order chi connectivity index (χ1) is 8.58. The average Bonchev–Trinajstić information content (AvgIpc) is 2.65. The molecule has 0 amide bonds. The van der Waals surface area contributed by atoms with E-state index in [0.29, 0.717) is 19.3 Å². The van der Waals surface area contributed by atoms with Crippen LogP contribution in [0.25, 0.3) is 0 Å². The van der Waals surface area contributed by atoms with E-state index in [9.17, 15) is 0 Å². The molecule has 0 fully saturated rings. The molecule has 0 spiro atoms. The number of hydrogen-bond acceptors (Lipinski definition) is 4. The minimum atomic E-state index is -0.150. The molecule has 1 atom stereocenters. The van der Waals surface area contributed by atoms with Gasteiger partial charge in [0.2, 0.25) is 0 Å². The van der Waals surface area contributed by atoms with Gasteiger partial charge in [0.1, 0.15) is 0 Å². The Hall–Kier alpha value is -0.420. The topological polar surface area (TPSA) is 30.5 Å². The molecule has 0 saturated carbocycles. The number of rotatable bonds is 8. The zero-order valence-electron chi connectivity index (χ0n) is 12.1. The fraction of sp³-hybridized carbons (Fsp3) is 0.714. The number of nitrogens with one attached hydrogen (secondary N) is 1. The van der Waals surface area contributed by atoms with Gasteiger partial charge in [0, 0.05) is 35.6 Å². The van der Waals surface area contributed by atoms with Crippen LogP contribution in [0.3, 0.4) is 0 Å². The van der Waals surface area contributed by atoms with E-state index in [4.69, 9.17) is 9.47 Å². The molecule has 18 heavy (non-hydrogen) atoms. The Bertz CT molecular complexity index is 346. The summed E-state index contributed by atoms with van der Waals surface area (Å²) in [7, 11) is 0. The van der Waals surface area contributed by atoms with Crippen molar-refractivity contribution in [2.75, 3.05) is 19.8 Å². The quantitative estimate of drug-likeness (QED) is 0.735. The molecule has 3 nitrogen and oxygen atoms in total. The van der Waals surface area contributed by atoms with Gasteiger partial charge >= 0.3 is 0 Å². The highest BCUT2D eigenvalue weighted by Crippen LogP contribution is 2.26. The third-order valence-electron chi connectivity index (χ3n) is 2.84. The van der Waals surface area contributed by atoms with Crippen molar-refractivity contribution < 1.29 is 9.47 Å². The molecular weight excluding hydrogens is 246 g/mol. The van der Waals surface area contributed by atoms with E-state index in [1.807, 2.05) is 25.2 Å². The van der Waals surface area contributed by atoms with Gasteiger partial charge in [-0.05, 0) is 46.2 Å². The molecule has 0 radical (unpaired) electrons. The van der Waals surface area contributed by atoms with Gasteiger partial charge in [-0.3, -0.25) is 0 Å². The number of aryl methyl sites for hydroxylation is 2. The third-order valence-corrected chi connectivity index (χ3v) is 3.82. The number of hydrogen-bond donors (Lipinski definition) is 1. The molecule has 0 aliphatic rings. The lowest BCUT2D eigenvalue weighted by atomic mass is 10.1. The zero-order valence-corrected chi connectivity index (χ0v) is 12.9. The van der Waals surface area contributed by atoms with Crippen molar-refractivity contribution in [3.05, 3.63) is 21.4 Å². The van der Waals surface area contributed by atoms with Gasteiger partial charge in [0.25, 0.3) is 0 Å². The fourth-order valence-corrected chi connectivity index (χ4v) is 3.02. The molecule has 1 aromatic heterocycles. The molecule has 0 bridgehead atoms. The van der Waals surface area contributed by atoms with Gasteiger partial charge in [-0.1, -0.05) is 0 Å². The van der Waals surface area contributed by atoms with E-state index in [-0.39, 0.29) is 6.29 Å². The Labute approximate surface area is 114 Å². The van der Waals surface area contributed by atoms with Crippen LogP contribution >= 0.6 is 11.3 Å². The SMILES string of the molecule is CCOC(CNC(C)c1cc(C)sc1C)OCC. The van der Waals surface area contributed by atoms with Crippen LogP contribution in [0.1, 0.15) is 42.1 Å². The second-order valence-corrected chi connectivity index (χ2v) is 5.80. The smallest absolute Gasteiger partial charge is 0.169 e. The number of ether oxygens (including phenoxy) is 2. The van der Waals surface area contributed by atoms with Crippen LogP contribution in [0.5, 0.6) is 0 Å². The summed E-state index contributed by atoms with van der Waals surface area (Å²) >= 11 is 1.85. The third kappa shape index (κ3) is 4.69. The summed E-state index contributed by atoms with van der Waals surface area (Å²) in [4.78, 5) is 2.75. The van der Waals surface area contributed by atoms with E-state index in [1.165, 1.54) is 15.3 Å². The van der Waals surface area contributed by atoms with Crippen LogP contribution in [-0.2, 0) is 9.47 Å². The van der Waals surface area contributed by atoms with Crippen LogP contribution in [0.2, 0.25) is 0 Å². The van der Waals surface area contributed by atoms with Crippen LogP contribution in [0, 0.1) is 13.8 Å². The predicted octanol–water partition coefficient (Wildman–Crippen LogP) is 3.41. The van der Waals surface area contributed by atoms with Crippen molar-refractivity contribution in [1.29, 1.82) is 0 Å². The molecule has 1 unspecified atom stereocenters. The summed E-state index contributed by atoms with van der Waals surface area (Å²) in [5.41, 5.74) is 1.38. The zero-order chi connectivity index (χ0) is 13.5. The molecule has 4 heteroatoms. The highest BCUT2D eigenvalue weighted by molar-refractivity contribution is 7.12. The van der Waals surface area contributed by atoms with Crippen molar-refractivity contribution in [3.63, 3.8) is 0 Å². The van der Waals surface area contributed by atoms with Crippen molar-refractivity contribution in [1.82, 2.24) is 5.32 Å². The van der Waals surface area contributed by atoms with Gasteiger partial charge in [0.05, 0.1) is 0 Å². The van der Waals surface area contributed by atoms with E-state index in [0.717, 1.165) is 6.54 Å². The molecular formula is C14H25NO2S. The molecule has 0 aliphatic heterocycles. The Morgan fingerprint density at radius 1 is 1.22 bits per heavy atom. The molecule has 104 valence electrons. The maximum Gasteiger partial charge on any atom is 0.169 e. The van der Waals surface area contributed by atoms with Gasteiger partial charge in [-0.15, -0.1) is 11.3 Å². The molecule has 1 aromatic rings. The average molecular weight is 271 g/mol. The second-order valence-electron chi connectivity index (χ2n) is 4.34. The summed E-state index contributed by atoms with van der Waals surface area (Å²) in [6, 6.07) is 2.59. The maximum atomic E-state index is 5.52. The van der Waals surface area contributed by atoms with Crippen molar-refractivity contribution in [2.45, 2.75) is 47.0 Å².